The summed E-state index contributed by atoms with van der Waals surface area (Å²) < 4.78 is 6.63. The molecule has 0 N–H and O–H groups in total. The molecule has 300 valence electrons. The number of rotatable bonds is 11. The highest BCUT2D eigenvalue weighted by Gasteiger charge is 2.25. The zero-order chi connectivity index (χ0) is 41.3. The van der Waals surface area contributed by atoms with E-state index in [1.165, 1.54) is 30.4 Å². The SMILES string of the molecule is CC.CC.CCC.CCCC.CCN(C(=O)CC(c1ccccc1)c1ccccc1)/C(C)=C(/C)OC(C1=CC=CCC1)c1ccccc1.Cc1ccccc1. The van der Waals surface area contributed by atoms with Gasteiger partial charge in [-0.2, -0.15) is 0 Å². The van der Waals surface area contributed by atoms with E-state index in [2.05, 4.69) is 101 Å². The molecule has 0 radical (unpaired) electrons. The number of carbonyl (C=O) groups excluding carboxylic acids is 1. The van der Waals surface area contributed by atoms with Crippen LogP contribution in [0.2, 0.25) is 0 Å². The largest absolute Gasteiger partial charge is 0.484 e. The molecule has 1 aliphatic carbocycles. The summed E-state index contributed by atoms with van der Waals surface area (Å²) in [5.74, 6) is 0.862. The Balaban J connectivity index is 0.00000135. The summed E-state index contributed by atoms with van der Waals surface area (Å²) in [6.45, 7) is 25.3. The molecule has 0 aliphatic heterocycles. The molecule has 1 amide bonds. The number of allylic oxidation sites excluding steroid dienone is 5. The minimum atomic E-state index is -0.170. The van der Waals surface area contributed by atoms with Gasteiger partial charge in [-0.25, -0.2) is 0 Å². The first-order chi connectivity index (χ1) is 26.8. The van der Waals surface area contributed by atoms with Crippen LogP contribution in [-0.2, 0) is 9.53 Å². The van der Waals surface area contributed by atoms with Crippen LogP contribution in [-0.4, -0.2) is 17.4 Å². The second-order valence-corrected chi connectivity index (χ2v) is 12.8. The highest BCUT2D eigenvalue weighted by atomic mass is 16.5. The minimum absolute atomic E-state index is 0.00535. The molecule has 3 nitrogen and oxygen atoms in total. The first-order valence-corrected chi connectivity index (χ1v) is 21.0. The third kappa shape index (κ3) is 20.0. The average Bonchev–Trinajstić information content (AvgIpc) is 3.25. The van der Waals surface area contributed by atoms with Gasteiger partial charge in [-0.3, -0.25) is 4.79 Å². The molecule has 0 saturated carbocycles. The van der Waals surface area contributed by atoms with Crippen LogP contribution in [0.3, 0.4) is 0 Å². The molecule has 0 spiro atoms. The number of carbonyl (C=O) groups is 1. The Morgan fingerprint density at radius 3 is 1.42 bits per heavy atom. The van der Waals surface area contributed by atoms with Crippen molar-refractivity contribution in [2.24, 2.45) is 0 Å². The maximum absolute atomic E-state index is 13.8. The molecule has 5 rings (SSSR count). The fourth-order valence-corrected chi connectivity index (χ4v) is 5.50. The van der Waals surface area contributed by atoms with E-state index in [0.717, 1.165) is 41.0 Å². The van der Waals surface area contributed by atoms with Crippen molar-refractivity contribution < 1.29 is 9.53 Å². The number of hydrogen-bond donors (Lipinski definition) is 0. The molecule has 0 bridgehead atoms. The summed E-state index contributed by atoms with van der Waals surface area (Å²) in [5, 5.41) is 0. The zero-order valence-electron chi connectivity index (χ0n) is 36.6. The number of ether oxygens (including phenoxy) is 1. The lowest BCUT2D eigenvalue weighted by atomic mass is 9.88. The van der Waals surface area contributed by atoms with Gasteiger partial charge in [0.2, 0.25) is 5.91 Å². The Hall–Kier alpha value is -4.63. The zero-order valence-corrected chi connectivity index (χ0v) is 36.6. The molecular weight excluding hydrogens is 671 g/mol. The Kier molecular flexibility index (Phi) is 30.0. The smallest absolute Gasteiger partial charge is 0.227 e. The molecule has 0 saturated heterocycles. The van der Waals surface area contributed by atoms with Crippen LogP contribution in [0.5, 0.6) is 0 Å². The highest BCUT2D eigenvalue weighted by molar-refractivity contribution is 5.79. The average molecular weight is 746 g/mol. The Morgan fingerprint density at radius 1 is 0.655 bits per heavy atom. The van der Waals surface area contributed by atoms with Gasteiger partial charge in [0.25, 0.3) is 0 Å². The minimum Gasteiger partial charge on any atom is -0.484 e. The van der Waals surface area contributed by atoms with Gasteiger partial charge in [-0.1, -0.05) is 220 Å². The van der Waals surface area contributed by atoms with E-state index in [1.54, 1.807) is 0 Å². The van der Waals surface area contributed by atoms with E-state index >= 15 is 0 Å². The van der Waals surface area contributed by atoms with Crippen molar-refractivity contribution in [3.8, 4) is 0 Å². The molecule has 1 atom stereocenters. The Bertz CT molecular complexity index is 1530. The lowest BCUT2D eigenvalue weighted by Gasteiger charge is -2.29. The van der Waals surface area contributed by atoms with Crippen molar-refractivity contribution in [3.05, 3.63) is 179 Å². The summed E-state index contributed by atoms with van der Waals surface area (Å²) in [4.78, 5) is 15.6. The molecule has 0 heterocycles. The number of nitrogens with zero attached hydrogens (tertiary/aromatic N) is 1. The maximum atomic E-state index is 13.8. The maximum Gasteiger partial charge on any atom is 0.227 e. The highest BCUT2D eigenvalue weighted by Crippen LogP contribution is 2.34. The fraction of sp³-hybridized carbons (Fsp3) is 0.404. The fourth-order valence-electron chi connectivity index (χ4n) is 5.50. The van der Waals surface area contributed by atoms with Crippen LogP contribution in [0.4, 0.5) is 0 Å². The first kappa shape index (κ1) is 50.4. The van der Waals surface area contributed by atoms with E-state index in [9.17, 15) is 4.79 Å². The van der Waals surface area contributed by atoms with Crippen molar-refractivity contribution >= 4 is 5.91 Å². The van der Waals surface area contributed by atoms with Crippen molar-refractivity contribution in [1.29, 1.82) is 0 Å². The quantitative estimate of drug-likeness (QED) is 0.143. The van der Waals surface area contributed by atoms with Gasteiger partial charge in [-0.15, -0.1) is 0 Å². The van der Waals surface area contributed by atoms with E-state index in [1.807, 2.05) is 126 Å². The second-order valence-electron chi connectivity index (χ2n) is 12.8. The number of unbranched alkanes of at least 4 members (excludes halogenated alkanes) is 1. The van der Waals surface area contributed by atoms with Gasteiger partial charge in [0.05, 0.1) is 5.70 Å². The van der Waals surface area contributed by atoms with Crippen LogP contribution in [0.25, 0.3) is 0 Å². The van der Waals surface area contributed by atoms with Crippen LogP contribution in [0, 0.1) is 6.92 Å². The van der Waals surface area contributed by atoms with Crippen molar-refractivity contribution in [2.75, 3.05) is 6.54 Å². The topological polar surface area (TPSA) is 29.5 Å². The van der Waals surface area contributed by atoms with Gasteiger partial charge in [0.15, 0.2) is 0 Å². The van der Waals surface area contributed by atoms with Crippen molar-refractivity contribution in [3.63, 3.8) is 0 Å². The number of hydrogen-bond acceptors (Lipinski definition) is 2. The summed E-state index contributed by atoms with van der Waals surface area (Å²) in [6, 6.07) is 41.2. The summed E-state index contributed by atoms with van der Waals surface area (Å²) in [7, 11) is 0. The van der Waals surface area contributed by atoms with Gasteiger partial charge < -0.3 is 9.64 Å². The second kappa shape index (κ2) is 32.8. The summed E-state index contributed by atoms with van der Waals surface area (Å²) in [6.07, 6.45) is 12.6. The van der Waals surface area contributed by atoms with E-state index in [0.29, 0.717) is 13.0 Å². The molecule has 1 unspecified atom stereocenters. The van der Waals surface area contributed by atoms with Crippen LogP contribution in [0.1, 0.15) is 149 Å². The molecule has 3 heteroatoms. The van der Waals surface area contributed by atoms with Crippen LogP contribution < -0.4 is 0 Å². The molecule has 0 aromatic heterocycles. The molecule has 1 aliphatic rings. The lowest BCUT2D eigenvalue weighted by Crippen LogP contribution is -2.31. The van der Waals surface area contributed by atoms with Crippen LogP contribution >= 0.6 is 0 Å². The molecule has 0 fully saturated rings. The van der Waals surface area contributed by atoms with E-state index in [4.69, 9.17) is 4.74 Å². The van der Waals surface area contributed by atoms with Gasteiger partial charge in [-0.05, 0) is 62.8 Å². The van der Waals surface area contributed by atoms with Gasteiger partial charge in [0.1, 0.15) is 11.9 Å². The number of aryl methyl sites for hydroxylation is 1. The van der Waals surface area contributed by atoms with Gasteiger partial charge >= 0.3 is 0 Å². The Morgan fingerprint density at radius 2 is 1.07 bits per heavy atom. The first-order valence-electron chi connectivity index (χ1n) is 21.0. The Labute approximate surface area is 338 Å². The van der Waals surface area contributed by atoms with Gasteiger partial charge in [0, 0.05) is 18.9 Å². The normalized spacial score (nSPS) is 12.0. The summed E-state index contributed by atoms with van der Waals surface area (Å²) in [5.41, 5.74) is 6.85. The lowest BCUT2D eigenvalue weighted by molar-refractivity contribution is -0.129. The van der Waals surface area contributed by atoms with E-state index in [-0.39, 0.29) is 17.9 Å². The molecule has 4 aromatic carbocycles. The van der Waals surface area contributed by atoms with E-state index < -0.39 is 0 Å². The van der Waals surface area contributed by atoms with Crippen molar-refractivity contribution in [1.82, 2.24) is 4.90 Å². The third-order valence-corrected chi connectivity index (χ3v) is 8.53. The molecule has 4 aromatic rings. The monoisotopic (exact) mass is 746 g/mol. The van der Waals surface area contributed by atoms with Crippen molar-refractivity contribution in [2.45, 2.75) is 134 Å². The predicted molar refractivity (Wildman–Crippen MR) is 242 cm³/mol. The number of benzene rings is 4. The standard InChI is InChI=1S/C34H37NO2.C7H8.C4H10.C3H8.2C2H6/c1-4-35(33(36)25-32(28-17-9-5-10-18-28)29-19-11-6-12-20-29)26(2)27(3)37-34(30-21-13-7-14-22-30)31-23-15-8-16-24-31;1-7-5-3-2-4-6-7;1-3-4-2;1-3-2;2*1-2/h5-15,17-23,32,34H,4,16,24-25H2,1-3H3;2-6H,1H3;3-4H2,1-2H3;3H2,1-2H3;2*1-2H3/b27-26-;;;;;. The number of amides is 1. The third-order valence-electron chi connectivity index (χ3n) is 8.53. The molecule has 55 heavy (non-hydrogen) atoms. The predicted octanol–water partition coefficient (Wildman–Crippen LogP) is 15.6. The van der Waals surface area contributed by atoms with Crippen LogP contribution in [0.15, 0.2) is 157 Å². The summed E-state index contributed by atoms with van der Waals surface area (Å²) >= 11 is 0. The molecular formula is C52H75NO2.